The molecule has 0 aliphatic carbocycles. The van der Waals surface area contributed by atoms with Gasteiger partial charge in [-0.1, -0.05) is 11.8 Å². The number of carbonyl (C=O) groups is 1. The molecule has 0 unspecified atom stereocenters. The fourth-order valence-corrected chi connectivity index (χ4v) is 2.42. The van der Waals surface area contributed by atoms with Gasteiger partial charge in [0.05, 0.1) is 11.1 Å². The third-order valence-electron chi connectivity index (χ3n) is 3.65. The summed E-state index contributed by atoms with van der Waals surface area (Å²) in [5.41, 5.74) is 1.10. The molecule has 1 amide bonds. The van der Waals surface area contributed by atoms with Crippen LogP contribution in [-0.2, 0) is 0 Å². The Bertz CT molecular complexity index is 542. The van der Waals surface area contributed by atoms with E-state index in [4.69, 9.17) is 5.11 Å². The Balaban J connectivity index is 2.01. The van der Waals surface area contributed by atoms with Gasteiger partial charge < -0.3 is 14.9 Å². The first-order valence-electron chi connectivity index (χ1n) is 7.24. The number of aliphatic hydroxyl groups is 1. The zero-order chi connectivity index (χ0) is 15.1. The SMILES string of the molecule is CN(CCN1CCCC1)C(=O)c1ccncc1C#CCO. The first-order chi connectivity index (χ1) is 10.2. The number of likely N-dealkylation sites (N-methyl/N-ethyl adjacent to an activating group) is 1. The van der Waals surface area contributed by atoms with Gasteiger partial charge in [0.2, 0.25) is 0 Å². The van der Waals surface area contributed by atoms with Gasteiger partial charge in [0.15, 0.2) is 0 Å². The van der Waals surface area contributed by atoms with Crippen LogP contribution in [0.25, 0.3) is 0 Å². The molecule has 2 heterocycles. The maximum absolute atomic E-state index is 12.5. The van der Waals surface area contributed by atoms with E-state index in [0.717, 1.165) is 19.6 Å². The molecule has 5 nitrogen and oxygen atoms in total. The molecule has 2 rings (SSSR count). The zero-order valence-corrected chi connectivity index (χ0v) is 12.4. The van der Waals surface area contributed by atoms with Crippen LogP contribution in [0.1, 0.15) is 28.8 Å². The first kappa shape index (κ1) is 15.5. The molecular formula is C16H21N3O2. The van der Waals surface area contributed by atoms with Crippen LogP contribution in [0.2, 0.25) is 0 Å². The van der Waals surface area contributed by atoms with Crippen LogP contribution in [0, 0.1) is 11.8 Å². The normalized spacial score (nSPS) is 14.6. The van der Waals surface area contributed by atoms with Gasteiger partial charge >= 0.3 is 0 Å². The van der Waals surface area contributed by atoms with Crippen LogP contribution < -0.4 is 0 Å². The molecule has 21 heavy (non-hydrogen) atoms. The first-order valence-corrected chi connectivity index (χ1v) is 7.24. The molecule has 1 fully saturated rings. The van der Waals surface area contributed by atoms with Crippen molar-refractivity contribution in [2.24, 2.45) is 0 Å². The molecule has 0 bridgehead atoms. The largest absolute Gasteiger partial charge is 0.384 e. The van der Waals surface area contributed by atoms with Crippen molar-refractivity contribution in [3.05, 3.63) is 29.6 Å². The second-order valence-electron chi connectivity index (χ2n) is 5.16. The summed E-state index contributed by atoms with van der Waals surface area (Å²) in [4.78, 5) is 20.6. The van der Waals surface area contributed by atoms with Crippen molar-refractivity contribution in [2.45, 2.75) is 12.8 Å². The van der Waals surface area contributed by atoms with Crippen LogP contribution in [0.15, 0.2) is 18.5 Å². The molecular weight excluding hydrogens is 266 g/mol. The molecule has 1 N–H and O–H groups in total. The Labute approximate surface area is 125 Å². The number of aromatic nitrogens is 1. The Morgan fingerprint density at radius 1 is 1.48 bits per heavy atom. The van der Waals surface area contributed by atoms with Gasteiger partial charge in [-0.2, -0.15) is 0 Å². The zero-order valence-electron chi connectivity index (χ0n) is 12.4. The fraction of sp³-hybridized carbons (Fsp3) is 0.500. The van der Waals surface area contributed by atoms with Gasteiger partial charge in [0.25, 0.3) is 5.91 Å². The van der Waals surface area contributed by atoms with Crippen molar-refractivity contribution < 1.29 is 9.90 Å². The van der Waals surface area contributed by atoms with Gasteiger partial charge in [-0.15, -0.1) is 0 Å². The number of hydrogen-bond acceptors (Lipinski definition) is 4. The molecule has 112 valence electrons. The maximum Gasteiger partial charge on any atom is 0.255 e. The van der Waals surface area contributed by atoms with E-state index in [0.29, 0.717) is 17.7 Å². The maximum atomic E-state index is 12.5. The Morgan fingerprint density at radius 2 is 2.24 bits per heavy atom. The minimum atomic E-state index is -0.229. The molecule has 0 atom stereocenters. The van der Waals surface area contributed by atoms with E-state index in [1.54, 1.807) is 23.4 Å². The van der Waals surface area contributed by atoms with Crippen molar-refractivity contribution in [1.82, 2.24) is 14.8 Å². The summed E-state index contributed by atoms with van der Waals surface area (Å²) < 4.78 is 0. The molecule has 0 spiro atoms. The van der Waals surface area contributed by atoms with Crippen molar-refractivity contribution in [3.63, 3.8) is 0 Å². The number of pyridine rings is 1. The average Bonchev–Trinajstić information content (AvgIpc) is 3.03. The van der Waals surface area contributed by atoms with Gasteiger partial charge in [-0.3, -0.25) is 9.78 Å². The Morgan fingerprint density at radius 3 is 2.95 bits per heavy atom. The third-order valence-corrected chi connectivity index (χ3v) is 3.65. The monoisotopic (exact) mass is 287 g/mol. The molecule has 1 aliphatic rings. The van der Waals surface area contributed by atoms with Crippen molar-refractivity contribution in [3.8, 4) is 11.8 Å². The third kappa shape index (κ3) is 4.28. The Hall–Kier alpha value is -1.90. The quantitative estimate of drug-likeness (QED) is 0.824. The topological polar surface area (TPSA) is 56.7 Å². The van der Waals surface area contributed by atoms with Gasteiger partial charge in [-0.05, 0) is 32.0 Å². The van der Waals surface area contributed by atoms with Crippen LogP contribution in [0.5, 0.6) is 0 Å². The number of aliphatic hydroxyl groups excluding tert-OH is 1. The average molecular weight is 287 g/mol. The van der Waals surface area contributed by atoms with Crippen molar-refractivity contribution in [2.75, 3.05) is 39.8 Å². The highest BCUT2D eigenvalue weighted by molar-refractivity contribution is 5.96. The molecule has 1 saturated heterocycles. The lowest BCUT2D eigenvalue weighted by Gasteiger charge is -2.22. The highest BCUT2D eigenvalue weighted by Gasteiger charge is 2.17. The molecule has 0 saturated carbocycles. The minimum Gasteiger partial charge on any atom is -0.384 e. The van der Waals surface area contributed by atoms with E-state index in [1.807, 2.05) is 7.05 Å². The van der Waals surface area contributed by atoms with E-state index >= 15 is 0 Å². The summed E-state index contributed by atoms with van der Waals surface area (Å²) in [5, 5.41) is 8.78. The lowest BCUT2D eigenvalue weighted by molar-refractivity contribution is 0.0782. The van der Waals surface area contributed by atoms with Crippen molar-refractivity contribution >= 4 is 5.91 Å². The van der Waals surface area contributed by atoms with Gasteiger partial charge in [0, 0.05) is 32.5 Å². The summed E-state index contributed by atoms with van der Waals surface area (Å²) in [6, 6.07) is 1.68. The molecule has 1 aliphatic heterocycles. The van der Waals surface area contributed by atoms with E-state index in [1.165, 1.54) is 12.8 Å². The van der Waals surface area contributed by atoms with Crippen LogP contribution in [0.4, 0.5) is 0 Å². The van der Waals surface area contributed by atoms with E-state index in [2.05, 4.69) is 21.7 Å². The number of nitrogens with zero attached hydrogens (tertiary/aromatic N) is 3. The van der Waals surface area contributed by atoms with E-state index < -0.39 is 0 Å². The highest BCUT2D eigenvalue weighted by Crippen LogP contribution is 2.10. The number of amides is 1. The number of likely N-dealkylation sites (tertiary alicyclic amines) is 1. The summed E-state index contributed by atoms with van der Waals surface area (Å²) in [6.45, 7) is 3.64. The lowest BCUT2D eigenvalue weighted by Crippen LogP contribution is -2.35. The second-order valence-corrected chi connectivity index (χ2v) is 5.16. The number of carbonyl (C=O) groups excluding carboxylic acids is 1. The second kappa shape index (κ2) is 7.77. The molecule has 1 aromatic rings. The minimum absolute atomic E-state index is 0.0566. The van der Waals surface area contributed by atoms with Crippen LogP contribution in [0.3, 0.4) is 0 Å². The number of rotatable bonds is 4. The van der Waals surface area contributed by atoms with Gasteiger partial charge in [0.1, 0.15) is 6.61 Å². The van der Waals surface area contributed by atoms with Gasteiger partial charge in [-0.25, -0.2) is 0 Å². The predicted molar refractivity (Wildman–Crippen MR) is 80.8 cm³/mol. The molecule has 0 radical (unpaired) electrons. The summed E-state index contributed by atoms with van der Waals surface area (Å²) in [6.07, 6.45) is 5.65. The smallest absolute Gasteiger partial charge is 0.255 e. The predicted octanol–water partition coefficient (Wildman–Crippen LogP) is 0.593. The number of hydrogen-bond donors (Lipinski definition) is 1. The summed E-state index contributed by atoms with van der Waals surface area (Å²) >= 11 is 0. The highest BCUT2D eigenvalue weighted by atomic mass is 16.2. The Kier molecular flexibility index (Phi) is 5.73. The standard InChI is InChI=1S/C16H21N3O2/c1-18(10-11-19-8-2-3-9-19)16(21)15-6-7-17-13-14(15)5-4-12-20/h6-7,13,20H,2-3,8-12H2,1H3. The lowest BCUT2D eigenvalue weighted by atomic mass is 10.1. The fourth-order valence-electron chi connectivity index (χ4n) is 2.42. The molecule has 1 aromatic heterocycles. The molecule has 5 heteroatoms. The van der Waals surface area contributed by atoms with E-state index in [-0.39, 0.29) is 12.5 Å². The van der Waals surface area contributed by atoms with E-state index in [9.17, 15) is 4.79 Å². The summed E-state index contributed by atoms with van der Waals surface area (Å²) in [7, 11) is 1.81. The molecule has 0 aromatic carbocycles. The van der Waals surface area contributed by atoms with Crippen LogP contribution >= 0.6 is 0 Å². The summed E-state index contributed by atoms with van der Waals surface area (Å²) in [5.74, 6) is 5.28. The van der Waals surface area contributed by atoms with Crippen LogP contribution in [-0.4, -0.2) is 65.6 Å². The van der Waals surface area contributed by atoms with Crippen molar-refractivity contribution in [1.29, 1.82) is 0 Å².